The van der Waals surface area contributed by atoms with Gasteiger partial charge >= 0.3 is 0 Å². The molecule has 3 unspecified atom stereocenters. The molecular weight excluding hydrogens is 522 g/mol. The fourth-order valence-corrected chi connectivity index (χ4v) is 7.62. The molecule has 7 nitrogen and oxygen atoms in total. The maximum atomic E-state index is 12.9. The Morgan fingerprint density at radius 3 is 2.10 bits per heavy atom. The third kappa shape index (κ3) is 5.98. The number of anilines is 1. The molecule has 2 aliphatic carbocycles. The number of benzene rings is 1. The number of para-hydroxylation sites is 1. The molecule has 2 saturated carbocycles. The summed E-state index contributed by atoms with van der Waals surface area (Å²) >= 11 is 0. The highest BCUT2D eigenvalue weighted by atomic mass is 16.2. The summed E-state index contributed by atoms with van der Waals surface area (Å²) in [5, 5.41) is 3.12. The standard InChI is InChI=1S/C24H30N4O.C11H13NO/c29-23-24(28(18-26-23)19-8-2-1-3-9-19)13-16-27(17-14-24)22-12-5-4-10-20(22)21-11-6-7-15-25-21;13-11-7-2-1-5-9(11)10-6-3-4-8-12-10/h1-3,6-9,11,15,20,22H,4-5,10,12-14,16-18H2,(H,26,29);3-4,6,8-9H,1-2,5,7H2. The van der Waals surface area contributed by atoms with Gasteiger partial charge in [0.1, 0.15) is 11.3 Å². The van der Waals surface area contributed by atoms with Gasteiger partial charge in [-0.25, -0.2) is 0 Å². The highest BCUT2D eigenvalue weighted by molar-refractivity contribution is 5.93. The smallest absolute Gasteiger partial charge is 0.247 e. The fourth-order valence-electron chi connectivity index (χ4n) is 7.62. The van der Waals surface area contributed by atoms with Gasteiger partial charge in [0, 0.05) is 55.2 Å². The molecule has 1 N–H and O–H groups in total. The van der Waals surface area contributed by atoms with Crippen molar-refractivity contribution in [1.29, 1.82) is 0 Å². The van der Waals surface area contributed by atoms with E-state index in [1.54, 1.807) is 6.20 Å². The van der Waals surface area contributed by atoms with Crippen LogP contribution in [0.2, 0.25) is 0 Å². The number of hydrogen-bond donors (Lipinski definition) is 1. The van der Waals surface area contributed by atoms with Crippen LogP contribution < -0.4 is 10.2 Å². The van der Waals surface area contributed by atoms with Crippen LogP contribution in [0.1, 0.15) is 87.4 Å². The molecule has 42 heavy (non-hydrogen) atoms. The van der Waals surface area contributed by atoms with Crippen molar-refractivity contribution >= 4 is 17.4 Å². The summed E-state index contributed by atoms with van der Waals surface area (Å²) in [6, 6.07) is 23.0. The van der Waals surface area contributed by atoms with Crippen LogP contribution in [0.4, 0.5) is 5.69 Å². The van der Waals surface area contributed by atoms with Crippen molar-refractivity contribution in [2.45, 2.75) is 87.6 Å². The lowest BCUT2D eigenvalue weighted by Gasteiger charge is -2.48. The maximum Gasteiger partial charge on any atom is 0.247 e. The minimum absolute atomic E-state index is 0.0787. The average Bonchev–Trinajstić information content (AvgIpc) is 3.37. The quantitative estimate of drug-likeness (QED) is 0.428. The number of nitrogens with one attached hydrogen (secondary N) is 1. The summed E-state index contributed by atoms with van der Waals surface area (Å²) in [5.41, 5.74) is 2.94. The summed E-state index contributed by atoms with van der Waals surface area (Å²) in [6.07, 6.45) is 14.4. The molecule has 4 heterocycles. The molecule has 0 radical (unpaired) electrons. The molecule has 3 atom stereocenters. The lowest BCUT2D eigenvalue weighted by atomic mass is 9.78. The molecule has 220 valence electrons. The van der Waals surface area contributed by atoms with Gasteiger partial charge in [-0.1, -0.05) is 49.6 Å². The zero-order valence-electron chi connectivity index (χ0n) is 24.5. The number of piperidine rings is 1. The van der Waals surface area contributed by atoms with Gasteiger partial charge in [0.2, 0.25) is 5.91 Å². The predicted octanol–water partition coefficient (Wildman–Crippen LogP) is 5.84. The van der Waals surface area contributed by atoms with E-state index in [1.165, 1.54) is 31.4 Å². The molecule has 0 bridgehead atoms. The monoisotopic (exact) mass is 565 g/mol. The zero-order chi connectivity index (χ0) is 28.8. The SMILES string of the molecule is O=C1CCCCC1c1ccccn1.O=C1NCN(c2ccccc2)C12CCN(C1CCCCC1c1ccccn1)CC2. The van der Waals surface area contributed by atoms with Gasteiger partial charge in [-0.2, -0.15) is 0 Å². The minimum atomic E-state index is -0.396. The number of carbonyl (C=O) groups is 2. The van der Waals surface area contributed by atoms with E-state index in [9.17, 15) is 9.59 Å². The third-order valence-corrected chi connectivity index (χ3v) is 9.90. The number of pyridine rings is 2. The molecular formula is C35H43N5O2. The highest BCUT2D eigenvalue weighted by Gasteiger charge is 2.51. The number of rotatable bonds is 4. The van der Waals surface area contributed by atoms with Crippen LogP contribution in [0, 0.1) is 0 Å². The van der Waals surface area contributed by atoms with Crippen LogP contribution in [0.5, 0.6) is 0 Å². The van der Waals surface area contributed by atoms with Crippen molar-refractivity contribution in [3.8, 4) is 0 Å². The van der Waals surface area contributed by atoms with E-state index in [1.807, 2.05) is 36.5 Å². The number of hydrogen-bond acceptors (Lipinski definition) is 6. The van der Waals surface area contributed by atoms with Crippen LogP contribution in [0.15, 0.2) is 79.1 Å². The number of carbonyl (C=O) groups excluding carboxylic acids is 2. The van der Waals surface area contributed by atoms with Crippen LogP contribution >= 0.6 is 0 Å². The summed E-state index contributed by atoms with van der Waals surface area (Å²) in [6.45, 7) is 2.57. The molecule has 4 aliphatic rings. The number of nitrogens with zero attached hydrogens (tertiary/aromatic N) is 4. The molecule has 2 aliphatic heterocycles. The van der Waals surface area contributed by atoms with Gasteiger partial charge in [-0.15, -0.1) is 0 Å². The largest absolute Gasteiger partial charge is 0.339 e. The van der Waals surface area contributed by atoms with Gasteiger partial charge in [0.25, 0.3) is 0 Å². The van der Waals surface area contributed by atoms with E-state index >= 15 is 0 Å². The van der Waals surface area contributed by atoms with Crippen LogP contribution in [-0.2, 0) is 9.59 Å². The molecule has 1 amide bonds. The van der Waals surface area contributed by atoms with Crippen LogP contribution in [-0.4, -0.2) is 57.9 Å². The lowest BCUT2D eigenvalue weighted by Crippen LogP contribution is -2.58. The van der Waals surface area contributed by atoms with E-state index in [4.69, 9.17) is 0 Å². The first-order valence-electron chi connectivity index (χ1n) is 15.9. The first kappa shape index (κ1) is 28.5. The number of Topliss-reactive ketones (excluding diaryl/α,β-unsaturated/α-hetero) is 1. The Kier molecular flexibility index (Phi) is 8.94. The second-order valence-corrected chi connectivity index (χ2v) is 12.2. The van der Waals surface area contributed by atoms with Crippen molar-refractivity contribution in [1.82, 2.24) is 20.2 Å². The number of amides is 1. The summed E-state index contributed by atoms with van der Waals surface area (Å²) in [4.78, 5) is 38.3. The highest BCUT2D eigenvalue weighted by Crippen LogP contribution is 2.41. The second kappa shape index (κ2) is 13.2. The fraction of sp³-hybridized carbons (Fsp3) is 0.486. The molecule has 1 aromatic carbocycles. The third-order valence-electron chi connectivity index (χ3n) is 9.90. The van der Waals surface area contributed by atoms with Crippen LogP contribution in [0.25, 0.3) is 0 Å². The van der Waals surface area contributed by atoms with E-state index in [0.717, 1.165) is 63.0 Å². The van der Waals surface area contributed by atoms with Crippen molar-refractivity contribution in [3.63, 3.8) is 0 Å². The minimum Gasteiger partial charge on any atom is -0.339 e. The van der Waals surface area contributed by atoms with E-state index in [2.05, 4.69) is 61.5 Å². The summed E-state index contributed by atoms with van der Waals surface area (Å²) in [5.74, 6) is 1.16. The molecule has 2 aromatic heterocycles. The first-order valence-corrected chi connectivity index (χ1v) is 15.9. The normalized spacial score (nSPS) is 25.9. The van der Waals surface area contributed by atoms with E-state index in [-0.39, 0.29) is 11.8 Å². The Hall–Kier alpha value is -3.58. The Morgan fingerprint density at radius 2 is 1.40 bits per heavy atom. The Bertz CT molecular complexity index is 1310. The van der Waals surface area contributed by atoms with Gasteiger partial charge in [-0.3, -0.25) is 24.5 Å². The average molecular weight is 566 g/mol. The Labute approximate surface area is 249 Å². The summed E-state index contributed by atoms with van der Waals surface area (Å²) in [7, 11) is 0. The molecule has 2 saturated heterocycles. The Balaban J connectivity index is 0.000000203. The second-order valence-electron chi connectivity index (χ2n) is 12.2. The van der Waals surface area contributed by atoms with Gasteiger partial charge in [0.05, 0.1) is 18.3 Å². The van der Waals surface area contributed by atoms with Crippen molar-refractivity contribution in [2.75, 3.05) is 24.7 Å². The number of likely N-dealkylation sites (tertiary alicyclic amines) is 1. The predicted molar refractivity (Wildman–Crippen MR) is 165 cm³/mol. The first-order chi connectivity index (χ1) is 20.7. The molecule has 7 heteroatoms. The van der Waals surface area contributed by atoms with E-state index < -0.39 is 5.54 Å². The maximum absolute atomic E-state index is 12.9. The topological polar surface area (TPSA) is 78.4 Å². The van der Waals surface area contributed by atoms with Crippen molar-refractivity contribution in [3.05, 3.63) is 90.5 Å². The number of ketones is 1. The van der Waals surface area contributed by atoms with Crippen molar-refractivity contribution < 1.29 is 9.59 Å². The van der Waals surface area contributed by atoms with Crippen LogP contribution in [0.3, 0.4) is 0 Å². The van der Waals surface area contributed by atoms with Crippen molar-refractivity contribution in [2.24, 2.45) is 0 Å². The summed E-state index contributed by atoms with van der Waals surface area (Å²) < 4.78 is 0. The van der Waals surface area contributed by atoms with E-state index in [0.29, 0.717) is 24.4 Å². The molecule has 4 fully saturated rings. The molecule has 7 rings (SSSR count). The molecule has 3 aromatic rings. The van der Waals surface area contributed by atoms with Gasteiger partial charge in [-0.05, 0) is 74.9 Å². The zero-order valence-corrected chi connectivity index (χ0v) is 24.5. The molecule has 1 spiro atoms. The Morgan fingerprint density at radius 1 is 0.738 bits per heavy atom. The van der Waals surface area contributed by atoms with Gasteiger partial charge in [0.15, 0.2) is 0 Å². The lowest BCUT2D eigenvalue weighted by molar-refractivity contribution is -0.125. The number of aromatic nitrogens is 2. The van der Waals surface area contributed by atoms with Gasteiger partial charge < -0.3 is 10.2 Å².